The van der Waals surface area contributed by atoms with Gasteiger partial charge in [0, 0.05) is 41.8 Å². The molecule has 4 rings (SSSR count). The predicted molar refractivity (Wildman–Crippen MR) is 111 cm³/mol. The van der Waals surface area contributed by atoms with Gasteiger partial charge in [-0.3, -0.25) is 14.3 Å². The van der Waals surface area contributed by atoms with Crippen molar-refractivity contribution >= 4 is 29.3 Å². The molecule has 1 aromatic carbocycles. The van der Waals surface area contributed by atoms with Crippen LogP contribution in [0.3, 0.4) is 0 Å². The van der Waals surface area contributed by atoms with E-state index in [4.69, 9.17) is 11.6 Å². The lowest BCUT2D eigenvalue weighted by atomic mass is 10.2. The number of pyridine rings is 1. The van der Waals surface area contributed by atoms with Gasteiger partial charge in [0.2, 0.25) is 5.91 Å². The van der Waals surface area contributed by atoms with Crippen molar-refractivity contribution in [1.82, 2.24) is 24.6 Å². The molecule has 0 N–H and O–H groups in total. The number of amides is 1. The summed E-state index contributed by atoms with van der Waals surface area (Å²) in [6, 6.07) is 11.3. The minimum absolute atomic E-state index is 0.151. The minimum Gasteiger partial charge on any atom is -0.342 e. The van der Waals surface area contributed by atoms with Gasteiger partial charge in [-0.25, -0.2) is 0 Å². The fraction of sp³-hybridized carbons (Fsp3) is 0.300. The molecule has 0 bridgehead atoms. The predicted octanol–water partition coefficient (Wildman–Crippen LogP) is 4.09. The van der Waals surface area contributed by atoms with Crippen molar-refractivity contribution in [3.63, 3.8) is 0 Å². The Morgan fingerprint density at radius 3 is 2.43 bits per heavy atom. The summed E-state index contributed by atoms with van der Waals surface area (Å²) in [6.07, 6.45) is 5.61. The molecule has 6 nitrogen and oxygen atoms in total. The van der Waals surface area contributed by atoms with Crippen molar-refractivity contribution in [2.24, 2.45) is 0 Å². The molecule has 3 aromatic rings. The number of benzene rings is 1. The van der Waals surface area contributed by atoms with Crippen LogP contribution in [0.15, 0.2) is 53.9 Å². The maximum absolute atomic E-state index is 12.7. The Morgan fingerprint density at radius 1 is 1.07 bits per heavy atom. The van der Waals surface area contributed by atoms with Gasteiger partial charge in [-0.1, -0.05) is 23.4 Å². The van der Waals surface area contributed by atoms with Crippen LogP contribution in [0.4, 0.5) is 0 Å². The molecule has 2 aromatic heterocycles. The van der Waals surface area contributed by atoms with Crippen molar-refractivity contribution in [1.29, 1.82) is 0 Å². The van der Waals surface area contributed by atoms with E-state index in [1.54, 1.807) is 12.4 Å². The normalized spacial score (nSPS) is 15.0. The summed E-state index contributed by atoms with van der Waals surface area (Å²) in [7, 11) is 0. The van der Waals surface area contributed by atoms with E-state index in [-0.39, 0.29) is 11.2 Å². The van der Waals surface area contributed by atoms with Crippen molar-refractivity contribution in [3.8, 4) is 17.1 Å². The van der Waals surface area contributed by atoms with Gasteiger partial charge in [0.1, 0.15) is 0 Å². The van der Waals surface area contributed by atoms with Gasteiger partial charge in [-0.15, -0.1) is 10.2 Å². The van der Waals surface area contributed by atoms with Crippen molar-refractivity contribution in [2.45, 2.75) is 30.2 Å². The fourth-order valence-electron chi connectivity index (χ4n) is 3.26. The highest BCUT2D eigenvalue weighted by atomic mass is 35.5. The van der Waals surface area contributed by atoms with Crippen LogP contribution in [0.2, 0.25) is 5.02 Å². The lowest BCUT2D eigenvalue weighted by molar-refractivity contribution is -0.129. The Balaban J connectivity index is 1.69. The highest BCUT2D eigenvalue weighted by Gasteiger charge is 2.26. The van der Waals surface area contributed by atoms with Crippen LogP contribution >= 0.6 is 23.4 Å². The van der Waals surface area contributed by atoms with E-state index in [1.165, 1.54) is 11.8 Å². The molecule has 3 heterocycles. The molecule has 28 heavy (non-hydrogen) atoms. The maximum atomic E-state index is 12.7. The summed E-state index contributed by atoms with van der Waals surface area (Å²) in [5, 5.41) is 9.89. The van der Waals surface area contributed by atoms with E-state index < -0.39 is 0 Å². The minimum atomic E-state index is -0.237. The number of aromatic nitrogens is 4. The van der Waals surface area contributed by atoms with Crippen LogP contribution in [0.5, 0.6) is 0 Å². The molecule has 0 radical (unpaired) electrons. The van der Waals surface area contributed by atoms with Crippen LogP contribution < -0.4 is 0 Å². The number of hydrogen-bond donors (Lipinski definition) is 0. The third-order valence-electron chi connectivity index (χ3n) is 4.70. The number of thioether (sulfide) groups is 1. The van der Waals surface area contributed by atoms with Gasteiger partial charge in [0.05, 0.1) is 5.25 Å². The summed E-state index contributed by atoms with van der Waals surface area (Å²) >= 11 is 7.49. The Bertz CT molecular complexity index is 954. The van der Waals surface area contributed by atoms with E-state index >= 15 is 0 Å². The van der Waals surface area contributed by atoms with Gasteiger partial charge in [-0.05, 0) is 56.2 Å². The van der Waals surface area contributed by atoms with E-state index in [0.717, 1.165) is 37.2 Å². The zero-order chi connectivity index (χ0) is 19.5. The fourth-order valence-corrected chi connectivity index (χ4v) is 4.34. The Morgan fingerprint density at radius 2 is 1.75 bits per heavy atom. The zero-order valence-corrected chi connectivity index (χ0v) is 17.0. The van der Waals surface area contributed by atoms with E-state index in [1.807, 2.05) is 52.8 Å². The Kier molecular flexibility index (Phi) is 5.64. The van der Waals surface area contributed by atoms with E-state index in [9.17, 15) is 4.79 Å². The number of hydrogen-bond acceptors (Lipinski definition) is 5. The standard InChI is InChI=1S/C20H20ClN5OS/c1-14(19(27)25-12-2-3-13-25)28-20-24-23-18(15-8-10-22-11-9-15)26(20)17-6-4-16(21)5-7-17/h4-11,14H,2-3,12-13H2,1H3. The second kappa shape index (κ2) is 8.32. The lowest BCUT2D eigenvalue weighted by Crippen LogP contribution is -2.34. The molecular formula is C20H20ClN5OS. The van der Waals surface area contributed by atoms with E-state index in [2.05, 4.69) is 15.2 Å². The molecule has 1 aliphatic rings. The summed E-state index contributed by atoms with van der Waals surface area (Å²) in [5.74, 6) is 0.853. The first kappa shape index (κ1) is 19.0. The highest BCUT2D eigenvalue weighted by molar-refractivity contribution is 8.00. The SMILES string of the molecule is CC(Sc1nnc(-c2ccncc2)n1-c1ccc(Cl)cc1)C(=O)N1CCCC1. The number of likely N-dealkylation sites (tertiary alicyclic amines) is 1. The van der Waals surface area contributed by atoms with Crippen LogP contribution in [-0.4, -0.2) is 48.9 Å². The first-order valence-corrected chi connectivity index (χ1v) is 10.5. The molecule has 1 fully saturated rings. The molecule has 0 aliphatic carbocycles. The lowest BCUT2D eigenvalue weighted by Gasteiger charge is -2.20. The largest absolute Gasteiger partial charge is 0.342 e. The number of rotatable bonds is 5. The summed E-state index contributed by atoms with van der Waals surface area (Å²) < 4.78 is 1.96. The molecule has 1 atom stereocenters. The number of nitrogens with zero attached hydrogens (tertiary/aromatic N) is 5. The average molecular weight is 414 g/mol. The number of halogens is 1. The van der Waals surface area contributed by atoms with E-state index in [0.29, 0.717) is 16.0 Å². The molecule has 1 amide bonds. The molecule has 144 valence electrons. The van der Waals surface area contributed by atoms with Crippen LogP contribution in [0, 0.1) is 0 Å². The van der Waals surface area contributed by atoms with Gasteiger partial charge in [-0.2, -0.15) is 0 Å². The van der Waals surface area contributed by atoms with Crippen molar-refractivity contribution in [3.05, 3.63) is 53.8 Å². The Labute approximate surface area is 172 Å². The quantitative estimate of drug-likeness (QED) is 0.589. The van der Waals surface area contributed by atoms with Gasteiger partial charge >= 0.3 is 0 Å². The molecule has 1 aliphatic heterocycles. The molecule has 0 spiro atoms. The number of carbonyl (C=O) groups is 1. The van der Waals surface area contributed by atoms with Crippen LogP contribution in [0.25, 0.3) is 17.1 Å². The smallest absolute Gasteiger partial charge is 0.235 e. The molecular weight excluding hydrogens is 394 g/mol. The average Bonchev–Trinajstić information content (AvgIpc) is 3.39. The third kappa shape index (κ3) is 3.91. The maximum Gasteiger partial charge on any atom is 0.235 e. The van der Waals surface area contributed by atoms with Crippen molar-refractivity contribution in [2.75, 3.05) is 13.1 Å². The van der Waals surface area contributed by atoms with Crippen LogP contribution in [-0.2, 0) is 4.79 Å². The summed E-state index contributed by atoms with van der Waals surface area (Å²) in [6.45, 7) is 3.62. The number of carbonyl (C=O) groups excluding carboxylic acids is 1. The summed E-state index contributed by atoms with van der Waals surface area (Å²) in [4.78, 5) is 18.8. The zero-order valence-electron chi connectivity index (χ0n) is 15.5. The second-order valence-corrected chi connectivity index (χ2v) is 8.39. The first-order valence-electron chi connectivity index (χ1n) is 9.20. The monoisotopic (exact) mass is 413 g/mol. The summed E-state index contributed by atoms with van der Waals surface area (Å²) in [5.41, 5.74) is 1.80. The van der Waals surface area contributed by atoms with Crippen LogP contribution in [0.1, 0.15) is 19.8 Å². The van der Waals surface area contributed by atoms with Gasteiger partial charge in [0.15, 0.2) is 11.0 Å². The molecule has 8 heteroatoms. The van der Waals surface area contributed by atoms with Gasteiger partial charge in [0.25, 0.3) is 0 Å². The Hall–Kier alpha value is -2.38. The van der Waals surface area contributed by atoms with Crippen molar-refractivity contribution < 1.29 is 4.79 Å². The second-order valence-electron chi connectivity index (χ2n) is 6.65. The topological polar surface area (TPSA) is 63.9 Å². The first-order chi connectivity index (χ1) is 13.6. The molecule has 1 saturated heterocycles. The highest BCUT2D eigenvalue weighted by Crippen LogP contribution is 2.31. The molecule has 1 unspecified atom stereocenters. The molecule has 0 saturated carbocycles. The van der Waals surface area contributed by atoms with Gasteiger partial charge < -0.3 is 4.90 Å². The third-order valence-corrected chi connectivity index (χ3v) is 5.99.